The summed E-state index contributed by atoms with van der Waals surface area (Å²) >= 11 is 0. The molecule has 2 rings (SSSR count). The Labute approximate surface area is 123 Å². The number of nitrogens with two attached hydrogens (primary N) is 1. The average molecular weight is 296 g/mol. The maximum Gasteiger partial charge on any atom is 0.330 e. The minimum atomic E-state index is -0.509. The van der Waals surface area contributed by atoms with Gasteiger partial charge in [-0.05, 0) is 18.3 Å². The smallest absolute Gasteiger partial charge is 0.330 e. The molecule has 7 heteroatoms. The Morgan fingerprint density at radius 1 is 1.48 bits per heavy atom. The van der Waals surface area contributed by atoms with Crippen molar-refractivity contribution in [1.82, 2.24) is 9.55 Å². The molecular weight excluding hydrogens is 272 g/mol. The van der Waals surface area contributed by atoms with Crippen molar-refractivity contribution in [2.45, 2.75) is 45.7 Å². The molecule has 0 radical (unpaired) electrons. The Morgan fingerprint density at radius 2 is 2.19 bits per heavy atom. The predicted molar refractivity (Wildman–Crippen MR) is 82.7 cm³/mol. The molecule has 7 nitrogen and oxygen atoms in total. The first-order valence-electron chi connectivity index (χ1n) is 7.25. The van der Waals surface area contributed by atoms with Crippen LogP contribution in [0.2, 0.25) is 0 Å². The lowest BCUT2D eigenvalue weighted by Gasteiger charge is -2.29. The maximum absolute atomic E-state index is 12.0. The molecule has 0 aliphatic heterocycles. The highest BCUT2D eigenvalue weighted by molar-refractivity contribution is 5.61. The van der Waals surface area contributed by atoms with Gasteiger partial charge in [0.05, 0.1) is 13.2 Å². The number of nitrogens with zero attached hydrogens (tertiary/aromatic N) is 1. The van der Waals surface area contributed by atoms with Crippen molar-refractivity contribution in [3.05, 3.63) is 20.8 Å². The van der Waals surface area contributed by atoms with Gasteiger partial charge in [0.15, 0.2) is 0 Å². The first kappa shape index (κ1) is 15.6. The molecule has 0 spiro atoms. The van der Waals surface area contributed by atoms with Crippen LogP contribution >= 0.6 is 0 Å². The molecule has 1 aromatic rings. The van der Waals surface area contributed by atoms with Crippen LogP contribution in [0.5, 0.6) is 0 Å². The molecule has 1 saturated carbocycles. The molecule has 0 saturated heterocycles. The molecule has 1 atom stereocenters. The average Bonchev–Trinajstić information content (AvgIpc) is 2.73. The minimum Gasteiger partial charge on any atom is -0.383 e. The summed E-state index contributed by atoms with van der Waals surface area (Å²) in [5.74, 6) is 0.170. The highest BCUT2D eigenvalue weighted by atomic mass is 16.5. The number of aromatic nitrogens is 2. The molecule has 1 fully saturated rings. The highest BCUT2D eigenvalue weighted by Crippen LogP contribution is 2.39. The van der Waals surface area contributed by atoms with Crippen molar-refractivity contribution in [1.29, 1.82) is 0 Å². The number of H-pyrrole nitrogens is 1. The summed E-state index contributed by atoms with van der Waals surface area (Å²) < 4.78 is 6.29. The van der Waals surface area contributed by atoms with Crippen molar-refractivity contribution in [3.63, 3.8) is 0 Å². The second-order valence-corrected chi connectivity index (χ2v) is 6.24. The first-order chi connectivity index (χ1) is 9.86. The number of hydrogen-bond donors (Lipinski definition) is 3. The van der Waals surface area contributed by atoms with E-state index in [1.165, 1.54) is 4.57 Å². The van der Waals surface area contributed by atoms with Crippen LogP contribution in [0, 0.1) is 5.41 Å². The molecule has 0 bridgehead atoms. The number of ether oxygens (including phenoxy) is 1. The fourth-order valence-corrected chi connectivity index (χ4v) is 2.90. The predicted octanol–water partition coefficient (Wildman–Crippen LogP) is 0.756. The molecule has 1 aliphatic carbocycles. The van der Waals surface area contributed by atoms with Gasteiger partial charge < -0.3 is 15.8 Å². The van der Waals surface area contributed by atoms with Crippen LogP contribution in [-0.2, 0) is 11.3 Å². The van der Waals surface area contributed by atoms with Gasteiger partial charge in [-0.1, -0.05) is 20.3 Å². The van der Waals surface area contributed by atoms with Gasteiger partial charge in [0.1, 0.15) is 11.5 Å². The number of methoxy groups -OCH3 is 1. The van der Waals surface area contributed by atoms with Crippen molar-refractivity contribution >= 4 is 11.5 Å². The van der Waals surface area contributed by atoms with Crippen LogP contribution in [0.4, 0.5) is 11.5 Å². The summed E-state index contributed by atoms with van der Waals surface area (Å²) in [5, 5.41) is 3.24. The van der Waals surface area contributed by atoms with Crippen LogP contribution in [0.25, 0.3) is 0 Å². The number of rotatable bonds is 5. The van der Waals surface area contributed by atoms with E-state index in [1.54, 1.807) is 7.11 Å². The maximum atomic E-state index is 12.0. The topological polar surface area (TPSA) is 102 Å². The summed E-state index contributed by atoms with van der Waals surface area (Å²) in [7, 11) is 1.55. The zero-order valence-corrected chi connectivity index (χ0v) is 12.9. The summed E-state index contributed by atoms with van der Waals surface area (Å²) in [6.45, 7) is 5.00. The quantitative estimate of drug-likeness (QED) is 0.744. The Bertz CT molecular complexity index is 618. The van der Waals surface area contributed by atoms with Crippen LogP contribution < -0.4 is 22.3 Å². The number of anilines is 2. The van der Waals surface area contributed by atoms with Crippen LogP contribution in [0.1, 0.15) is 33.1 Å². The van der Waals surface area contributed by atoms with Gasteiger partial charge in [-0.2, -0.15) is 0 Å². The molecule has 1 aliphatic rings. The van der Waals surface area contributed by atoms with Gasteiger partial charge in [0, 0.05) is 13.2 Å². The molecule has 1 unspecified atom stereocenters. The Morgan fingerprint density at radius 3 is 2.76 bits per heavy atom. The third-order valence-corrected chi connectivity index (χ3v) is 4.33. The molecule has 0 aromatic carbocycles. The van der Waals surface area contributed by atoms with E-state index < -0.39 is 11.2 Å². The van der Waals surface area contributed by atoms with Gasteiger partial charge in [-0.25, -0.2) is 4.79 Å². The van der Waals surface area contributed by atoms with E-state index in [-0.39, 0.29) is 23.0 Å². The Hall–Kier alpha value is -1.76. The largest absolute Gasteiger partial charge is 0.383 e. The van der Waals surface area contributed by atoms with Crippen molar-refractivity contribution in [2.24, 2.45) is 5.41 Å². The standard InChI is InChI=1S/C14H24N4O3/c1-14(2)6-4-5-9(14)16-10-11(15)18(7-8-21-3)13(20)17-12(10)19/h9,16H,4-8,15H2,1-3H3,(H,17,19,20). The monoisotopic (exact) mass is 296 g/mol. The van der Waals surface area contributed by atoms with Crippen LogP contribution in [0.3, 0.4) is 0 Å². The fraction of sp³-hybridized carbons (Fsp3) is 0.714. The van der Waals surface area contributed by atoms with Crippen molar-refractivity contribution < 1.29 is 4.74 Å². The summed E-state index contributed by atoms with van der Waals surface area (Å²) in [4.78, 5) is 26.2. The highest BCUT2D eigenvalue weighted by Gasteiger charge is 2.35. The van der Waals surface area contributed by atoms with Gasteiger partial charge in [-0.3, -0.25) is 14.3 Å². The van der Waals surface area contributed by atoms with Gasteiger partial charge in [-0.15, -0.1) is 0 Å². The van der Waals surface area contributed by atoms with E-state index in [2.05, 4.69) is 24.1 Å². The number of aromatic amines is 1. The van der Waals surface area contributed by atoms with E-state index >= 15 is 0 Å². The van der Waals surface area contributed by atoms with Gasteiger partial charge in [0.2, 0.25) is 0 Å². The van der Waals surface area contributed by atoms with E-state index in [9.17, 15) is 9.59 Å². The Balaban J connectivity index is 2.35. The normalized spacial score (nSPS) is 20.6. The summed E-state index contributed by atoms with van der Waals surface area (Å²) in [6, 6.07) is 0.175. The minimum absolute atomic E-state index is 0.104. The lowest BCUT2D eigenvalue weighted by Crippen LogP contribution is -2.39. The summed E-state index contributed by atoms with van der Waals surface area (Å²) in [6.07, 6.45) is 3.21. The zero-order valence-electron chi connectivity index (χ0n) is 12.9. The molecule has 118 valence electrons. The second kappa shape index (κ2) is 5.93. The van der Waals surface area contributed by atoms with Crippen LogP contribution in [0.15, 0.2) is 9.59 Å². The van der Waals surface area contributed by atoms with Crippen LogP contribution in [-0.4, -0.2) is 29.3 Å². The van der Waals surface area contributed by atoms with E-state index in [0.29, 0.717) is 13.2 Å². The zero-order chi connectivity index (χ0) is 15.6. The van der Waals surface area contributed by atoms with E-state index in [4.69, 9.17) is 10.5 Å². The lowest BCUT2D eigenvalue weighted by atomic mass is 9.87. The number of nitrogens with one attached hydrogen (secondary N) is 2. The summed E-state index contributed by atoms with van der Waals surface area (Å²) in [5.41, 5.74) is 5.43. The van der Waals surface area contributed by atoms with Gasteiger partial charge >= 0.3 is 5.69 Å². The molecule has 4 N–H and O–H groups in total. The first-order valence-corrected chi connectivity index (χ1v) is 7.25. The number of nitrogen functional groups attached to an aromatic ring is 1. The van der Waals surface area contributed by atoms with Gasteiger partial charge in [0.25, 0.3) is 5.56 Å². The number of hydrogen-bond acceptors (Lipinski definition) is 5. The van der Waals surface area contributed by atoms with Crippen molar-refractivity contribution in [3.8, 4) is 0 Å². The third kappa shape index (κ3) is 3.12. The fourth-order valence-electron chi connectivity index (χ4n) is 2.90. The molecule has 1 aromatic heterocycles. The second-order valence-electron chi connectivity index (χ2n) is 6.24. The Kier molecular flexibility index (Phi) is 4.41. The molecule has 1 heterocycles. The lowest BCUT2D eigenvalue weighted by molar-refractivity contribution is 0.186. The third-order valence-electron chi connectivity index (χ3n) is 4.33. The van der Waals surface area contributed by atoms with Crippen molar-refractivity contribution in [2.75, 3.05) is 24.8 Å². The molecular formula is C14H24N4O3. The SMILES string of the molecule is COCCn1c(N)c(NC2CCCC2(C)C)c(=O)[nH]c1=O. The van der Waals surface area contributed by atoms with E-state index in [1.807, 2.05) is 0 Å². The molecule has 21 heavy (non-hydrogen) atoms. The molecule has 0 amide bonds. The van der Waals surface area contributed by atoms with E-state index in [0.717, 1.165) is 19.3 Å².